The molecule has 0 saturated carbocycles. The topological polar surface area (TPSA) is 12.5 Å². The summed E-state index contributed by atoms with van der Waals surface area (Å²) < 4.78 is 19.4. The van der Waals surface area contributed by atoms with E-state index in [2.05, 4.69) is 36.2 Å². The Kier molecular flexibility index (Phi) is 4.20. The van der Waals surface area contributed by atoms with E-state index in [1.807, 2.05) is 12.1 Å². The van der Waals surface area contributed by atoms with E-state index in [1.165, 1.54) is 17.7 Å². The second-order valence-electron chi connectivity index (χ2n) is 5.68. The van der Waals surface area contributed by atoms with Crippen LogP contribution in [0.2, 0.25) is 0 Å². The number of hydrogen-bond donors (Lipinski definition) is 0. The molecule has 0 aromatic heterocycles. The quantitative estimate of drug-likeness (QED) is 0.852. The smallest absolute Gasteiger partial charge is 0.126 e. The molecule has 1 aliphatic heterocycles. The van der Waals surface area contributed by atoms with Gasteiger partial charge in [-0.1, -0.05) is 36.4 Å². The summed E-state index contributed by atoms with van der Waals surface area (Å²) in [6.07, 6.45) is 1.04. The molecule has 0 radical (unpaired) electrons. The van der Waals surface area contributed by atoms with Gasteiger partial charge in [-0.25, -0.2) is 4.39 Å². The molecule has 0 amide bonds. The summed E-state index contributed by atoms with van der Waals surface area (Å²) in [7, 11) is 2.13. The zero-order chi connectivity index (χ0) is 14.7. The summed E-state index contributed by atoms with van der Waals surface area (Å²) in [6.45, 7) is 1.97. The van der Waals surface area contributed by atoms with E-state index in [4.69, 9.17) is 4.74 Å². The first-order valence-corrected chi connectivity index (χ1v) is 7.38. The molecule has 0 N–H and O–H groups in total. The van der Waals surface area contributed by atoms with Gasteiger partial charge in [-0.3, -0.25) is 0 Å². The van der Waals surface area contributed by atoms with Crippen LogP contribution in [-0.4, -0.2) is 31.1 Å². The van der Waals surface area contributed by atoms with E-state index in [9.17, 15) is 4.39 Å². The van der Waals surface area contributed by atoms with Crippen molar-refractivity contribution in [2.45, 2.75) is 18.4 Å². The minimum Gasteiger partial charge on any atom is -0.490 e. The lowest BCUT2D eigenvalue weighted by Gasteiger charge is -2.37. The van der Waals surface area contributed by atoms with E-state index in [-0.39, 0.29) is 11.9 Å². The van der Waals surface area contributed by atoms with Gasteiger partial charge in [0.25, 0.3) is 0 Å². The molecule has 3 rings (SSSR count). The predicted molar refractivity (Wildman–Crippen MR) is 82.1 cm³/mol. The van der Waals surface area contributed by atoms with Gasteiger partial charge in [-0.15, -0.1) is 0 Å². The van der Waals surface area contributed by atoms with Crippen molar-refractivity contribution in [3.05, 3.63) is 66.0 Å². The molecular weight excluding hydrogens is 265 g/mol. The molecule has 2 aromatic rings. The molecule has 110 valence electrons. The van der Waals surface area contributed by atoms with Gasteiger partial charge < -0.3 is 9.64 Å². The van der Waals surface area contributed by atoms with Crippen LogP contribution in [0.4, 0.5) is 4.39 Å². The average Bonchev–Trinajstić information content (AvgIpc) is 2.50. The van der Waals surface area contributed by atoms with Gasteiger partial charge in [0.2, 0.25) is 0 Å². The van der Waals surface area contributed by atoms with Gasteiger partial charge in [0, 0.05) is 25.1 Å². The van der Waals surface area contributed by atoms with E-state index in [0.29, 0.717) is 11.7 Å². The molecule has 0 aliphatic carbocycles. The summed E-state index contributed by atoms with van der Waals surface area (Å²) in [6, 6.07) is 16.8. The first-order chi connectivity index (χ1) is 10.2. The first-order valence-electron chi connectivity index (χ1n) is 7.38. The number of ether oxygens (including phenoxy) is 1. The number of likely N-dealkylation sites (N-methyl/N-ethyl adjacent to an activating group) is 1. The fraction of sp³-hybridized carbons (Fsp3) is 0.333. The van der Waals surface area contributed by atoms with E-state index >= 15 is 0 Å². The van der Waals surface area contributed by atoms with Crippen LogP contribution in [0, 0.1) is 5.82 Å². The van der Waals surface area contributed by atoms with Crippen molar-refractivity contribution in [3.63, 3.8) is 0 Å². The highest BCUT2D eigenvalue weighted by Gasteiger charge is 2.30. The van der Waals surface area contributed by atoms with Gasteiger partial charge >= 0.3 is 0 Å². The third kappa shape index (κ3) is 3.42. The molecule has 2 atom stereocenters. The van der Waals surface area contributed by atoms with E-state index in [0.717, 1.165) is 19.5 Å². The van der Waals surface area contributed by atoms with E-state index < -0.39 is 0 Å². The number of hydrogen-bond acceptors (Lipinski definition) is 2. The van der Waals surface area contributed by atoms with Crippen LogP contribution in [-0.2, 0) is 0 Å². The van der Waals surface area contributed by atoms with Gasteiger partial charge in [-0.05, 0) is 31.2 Å². The molecule has 0 bridgehead atoms. The van der Waals surface area contributed by atoms with Crippen molar-refractivity contribution in [2.24, 2.45) is 0 Å². The van der Waals surface area contributed by atoms with Crippen molar-refractivity contribution >= 4 is 0 Å². The number of halogens is 1. The SMILES string of the molecule is CN1CC[C@H](Oc2cccc(F)c2)[C@H](c2ccccc2)C1. The molecule has 2 nitrogen and oxygen atoms in total. The lowest BCUT2D eigenvalue weighted by atomic mass is 9.88. The summed E-state index contributed by atoms with van der Waals surface area (Å²) in [4.78, 5) is 2.32. The lowest BCUT2D eigenvalue weighted by Crippen LogP contribution is -2.42. The third-order valence-electron chi connectivity index (χ3n) is 4.06. The van der Waals surface area contributed by atoms with Crippen molar-refractivity contribution in [3.8, 4) is 5.75 Å². The van der Waals surface area contributed by atoms with E-state index in [1.54, 1.807) is 6.07 Å². The van der Waals surface area contributed by atoms with Crippen molar-refractivity contribution in [1.29, 1.82) is 0 Å². The Morgan fingerprint density at radius 1 is 1.10 bits per heavy atom. The van der Waals surface area contributed by atoms with Crippen molar-refractivity contribution in [2.75, 3.05) is 20.1 Å². The van der Waals surface area contributed by atoms with Gasteiger partial charge in [0.15, 0.2) is 0 Å². The summed E-state index contributed by atoms with van der Waals surface area (Å²) in [5.74, 6) is 0.676. The summed E-state index contributed by atoms with van der Waals surface area (Å²) in [5, 5.41) is 0. The Hall–Kier alpha value is -1.87. The van der Waals surface area contributed by atoms with Crippen molar-refractivity contribution < 1.29 is 9.13 Å². The average molecular weight is 285 g/mol. The molecule has 1 heterocycles. The predicted octanol–water partition coefficient (Wildman–Crippen LogP) is 3.69. The summed E-state index contributed by atoms with van der Waals surface area (Å²) in [5.41, 5.74) is 1.28. The Morgan fingerprint density at radius 2 is 1.90 bits per heavy atom. The minimum absolute atomic E-state index is 0.0883. The molecule has 0 unspecified atom stereocenters. The Balaban J connectivity index is 1.81. The molecule has 1 saturated heterocycles. The largest absolute Gasteiger partial charge is 0.490 e. The lowest BCUT2D eigenvalue weighted by molar-refractivity contribution is 0.0899. The maximum absolute atomic E-state index is 13.3. The molecule has 0 spiro atoms. The van der Waals surface area contributed by atoms with Gasteiger partial charge in [0.1, 0.15) is 17.7 Å². The molecule has 3 heteroatoms. The van der Waals surface area contributed by atoms with Crippen LogP contribution in [0.25, 0.3) is 0 Å². The van der Waals surface area contributed by atoms with Crippen LogP contribution < -0.4 is 4.74 Å². The van der Waals surface area contributed by atoms with Crippen LogP contribution in [0.3, 0.4) is 0 Å². The number of benzene rings is 2. The molecule has 21 heavy (non-hydrogen) atoms. The second-order valence-corrected chi connectivity index (χ2v) is 5.68. The molecular formula is C18H20FNO. The molecule has 1 aliphatic rings. The number of rotatable bonds is 3. The normalized spacial score (nSPS) is 23.0. The zero-order valence-corrected chi connectivity index (χ0v) is 12.2. The van der Waals surface area contributed by atoms with Crippen LogP contribution in [0.5, 0.6) is 5.75 Å². The van der Waals surface area contributed by atoms with Gasteiger partial charge in [-0.2, -0.15) is 0 Å². The summed E-state index contributed by atoms with van der Waals surface area (Å²) >= 11 is 0. The Bertz CT molecular complexity index is 587. The fourth-order valence-electron chi connectivity index (χ4n) is 2.97. The van der Waals surface area contributed by atoms with Crippen LogP contribution in [0.1, 0.15) is 17.9 Å². The van der Waals surface area contributed by atoms with Crippen molar-refractivity contribution in [1.82, 2.24) is 4.90 Å². The first kappa shape index (κ1) is 14.1. The molecule has 1 fully saturated rings. The van der Waals surface area contributed by atoms with Gasteiger partial charge in [0.05, 0.1) is 0 Å². The zero-order valence-electron chi connectivity index (χ0n) is 12.2. The fourth-order valence-corrected chi connectivity index (χ4v) is 2.97. The maximum atomic E-state index is 13.3. The second kappa shape index (κ2) is 6.27. The highest BCUT2D eigenvalue weighted by Crippen LogP contribution is 2.30. The monoisotopic (exact) mass is 285 g/mol. The molecule has 2 aromatic carbocycles. The number of nitrogens with zero attached hydrogens (tertiary/aromatic N) is 1. The standard InChI is InChI=1S/C18H20FNO/c1-20-11-10-18(21-16-9-5-8-15(19)12-16)17(13-20)14-6-3-2-4-7-14/h2-9,12,17-18H,10-11,13H2,1H3/t17-,18-/m0/s1. The third-order valence-corrected chi connectivity index (χ3v) is 4.06. The Morgan fingerprint density at radius 3 is 2.67 bits per heavy atom. The highest BCUT2D eigenvalue weighted by atomic mass is 19.1. The number of piperidine rings is 1. The van der Waals surface area contributed by atoms with Crippen LogP contribution >= 0.6 is 0 Å². The Labute approximate surface area is 125 Å². The number of likely N-dealkylation sites (tertiary alicyclic amines) is 1. The minimum atomic E-state index is -0.253. The highest BCUT2D eigenvalue weighted by molar-refractivity contribution is 5.26. The van der Waals surface area contributed by atoms with Crippen LogP contribution in [0.15, 0.2) is 54.6 Å². The maximum Gasteiger partial charge on any atom is 0.126 e.